The summed E-state index contributed by atoms with van der Waals surface area (Å²) in [5.41, 5.74) is 3.64. The minimum Gasteiger partial charge on any atom is -0.354 e. The lowest BCUT2D eigenvalue weighted by Crippen LogP contribution is -2.41. The largest absolute Gasteiger partial charge is 0.354 e. The fourth-order valence-corrected chi connectivity index (χ4v) is 4.22. The highest BCUT2D eigenvalue weighted by Crippen LogP contribution is 2.31. The molecule has 3 aromatic carbocycles. The molecule has 5 heteroatoms. The Morgan fingerprint density at radius 3 is 2.40 bits per heavy atom. The Morgan fingerprint density at radius 1 is 1.00 bits per heavy atom. The van der Waals surface area contributed by atoms with Crippen molar-refractivity contribution >= 4 is 23.6 Å². The summed E-state index contributed by atoms with van der Waals surface area (Å²) in [5, 5.41) is 3.04. The van der Waals surface area contributed by atoms with Gasteiger partial charge in [-0.2, -0.15) is 0 Å². The van der Waals surface area contributed by atoms with Gasteiger partial charge in [-0.15, -0.1) is 11.8 Å². The van der Waals surface area contributed by atoms with Crippen LogP contribution < -0.4 is 5.32 Å². The molecular weight excluding hydrogens is 392 g/mol. The highest BCUT2D eigenvalue weighted by atomic mass is 32.2. The van der Waals surface area contributed by atoms with Crippen molar-refractivity contribution in [3.8, 4) is 0 Å². The van der Waals surface area contributed by atoms with E-state index in [2.05, 4.69) is 35.8 Å². The Labute approximate surface area is 181 Å². The number of carbonyl (C=O) groups is 2. The first kappa shape index (κ1) is 20.2. The average molecular weight is 417 g/mol. The molecule has 0 radical (unpaired) electrons. The average Bonchev–Trinajstić information content (AvgIpc) is 3.11. The van der Waals surface area contributed by atoms with Gasteiger partial charge in [0.05, 0.1) is 0 Å². The topological polar surface area (TPSA) is 49.4 Å². The molecule has 0 aromatic heterocycles. The monoisotopic (exact) mass is 416 g/mol. The van der Waals surface area contributed by atoms with Crippen LogP contribution >= 0.6 is 11.8 Å². The number of rotatable bonds is 7. The zero-order valence-corrected chi connectivity index (χ0v) is 17.7. The highest BCUT2D eigenvalue weighted by Gasteiger charge is 2.36. The quantitative estimate of drug-likeness (QED) is 0.579. The smallest absolute Gasteiger partial charge is 0.255 e. The van der Waals surface area contributed by atoms with Gasteiger partial charge < -0.3 is 10.2 Å². The van der Waals surface area contributed by atoms with E-state index in [0.717, 1.165) is 17.5 Å². The lowest BCUT2D eigenvalue weighted by Gasteiger charge is -2.27. The molecule has 152 valence electrons. The van der Waals surface area contributed by atoms with E-state index in [-0.39, 0.29) is 11.8 Å². The number of hydrogen-bond acceptors (Lipinski definition) is 3. The molecule has 0 fully saturated rings. The molecule has 0 aliphatic carbocycles. The molecular formula is C25H24N2O2S. The van der Waals surface area contributed by atoms with E-state index in [1.54, 1.807) is 16.7 Å². The number of hydrogen-bond donors (Lipinski definition) is 1. The summed E-state index contributed by atoms with van der Waals surface area (Å²) in [5.74, 6) is -0.245. The first-order valence-electron chi connectivity index (χ1n) is 10.0. The first-order chi connectivity index (χ1) is 14.7. The molecule has 0 saturated heterocycles. The van der Waals surface area contributed by atoms with Gasteiger partial charge in [0.25, 0.3) is 5.91 Å². The van der Waals surface area contributed by atoms with Crippen molar-refractivity contribution in [3.63, 3.8) is 0 Å². The maximum Gasteiger partial charge on any atom is 0.255 e. The molecule has 0 spiro atoms. The van der Waals surface area contributed by atoms with Crippen LogP contribution in [-0.2, 0) is 17.8 Å². The third kappa shape index (κ3) is 4.26. The minimum absolute atomic E-state index is 0.0951. The van der Waals surface area contributed by atoms with E-state index >= 15 is 0 Å². The molecule has 1 heterocycles. The fraction of sp³-hybridized carbons (Fsp3) is 0.200. The Hall–Kier alpha value is -3.05. The van der Waals surface area contributed by atoms with Crippen LogP contribution in [0.25, 0.3) is 0 Å². The Balaban J connectivity index is 1.49. The van der Waals surface area contributed by atoms with E-state index < -0.39 is 6.04 Å². The summed E-state index contributed by atoms with van der Waals surface area (Å²) >= 11 is 1.71. The highest BCUT2D eigenvalue weighted by molar-refractivity contribution is 7.98. The van der Waals surface area contributed by atoms with Crippen LogP contribution in [0.2, 0.25) is 0 Å². The van der Waals surface area contributed by atoms with Gasteiger partial charge >= 0.3 is 0 Å². The van der Waals surface area contributed by atoms with Gasteiger partial charge in [-0.1, -0.05) is 60.7 Å². The van der Waals surface area contributed by atoms with Crippen molar-refractivity contribution in [1.82, 2.24) is 10.2 Å². The van der Waals surface area contributed by atoms with Crippen LogP contribution in [0, 0.1) is 0 Å². The first-order valence-corrected chi connectivity index (χ1v) is 11.2. The van der Waals surface area contributed by atoms with Gasteiger partial charge in [0.1, 0.15) is 6.04 Å². The van der Waals surface area contributed by atoms with Crippen molar-refractivity contribution in [2.24, 2.45) is 0 Å². The molecule has 0 bridgehead atoms. The van der Waals surface area contributed by atoms with Crippen molar-refractivity contribution in [1.29, 1.82) is 0 Å². The number of fused-ring (bicyclic) bond motifs is 1. The zero-order chi connectivity index (χ0) is 20.9. The second-order valence-electron chi connectivity index (χ2n) is 7.29. The summed E-state index contributed by atoms with van der Waals surface area (Å²) in [6, 6.07) is 24.8. The Kier molecular flexibility index (Phi) is 6.19. The molecule has 1 aliphatic rings. The van der Waals surface area contributed by atoms with Gasteiger partial charge in [0, 0.05) is 23.5 Å². The van der Waals surface area contributed by atoms with Gasteiger partial charge in [0.15, 0.2) is 0 Å². The van der Waals surface area contributed by atoms with Crippen LogP contribution in [0.5, 0.6) is 0 Å². The standard InChI is InChI=1S/C25H24N2O2S/c1-30-21-13-11-18(12-14-21)15-16-26-24(28)23(19-7-3-2-4-8-19)27-17-20-9-5-6-10-22(20)25(27)29/h2-14,23H,15-17H2,1H3,(H,26,28)/t23-/m0/s1. The molecule has 1 aliphatic heterocycles. The SMILES string of the molecule is CSc1ccc(CCNC(=O)[C@H](c2ccccc2)N2Cc3ccccc3C2=O)cc1. The summed E-state index contributed by atoms with van der Waals surface area (Å²) in [6.45, 7) is 0.966. The summed E-state index contributed by atoms with van der Waals surface area (Å²) < 4.78 is 0. The summed E-state index contributed by atoms with van der Waals surface area (Å²) in [7, 11) is 0. The van der Waals surface area contributed by atoms with Gasteiger partial charge in [-0.3, -0.25) is 9.59 Å². The van der Waals surface area contributed by atoms with E-state index in [4.69, 9.17) is 0 Å². The number of thioether (sulfide) groups is 1. The van der Waals surface area contributed by atoms with Gasteiger partial charge in [-0.25, -0.2) is 0 Å². The molecule has 0 saturated carbocycles. The number of benzene rings is 3. The third-order valence-electron chi connectivity index (χ3n) is 5.40. The lowest BCUT2D eigenvalue weighted by atomic mass is 10.0. The van der Waals surface area contributed by atoms with Gasteiger partial charge in [-0.05, 0) is 47.6 Å². The minimum atomic E-state index is -0.648. The van der Waals surface area contributed by atoms with Crippen molar-refractivity contribution < 1.29 is 9.59 Å². The fourth-order valence-electron chi connectivity index (χ4n) is 3.81. The molecule has 4 nitrogen and oxygen atoms in total. The van der Waals surface area contributed by atoms with Crippen molar-refractivity contribution in [3.05, 3.63) is 101 Å². The number of carbonyl (C=O) groups excluding carboxylic acids is 2. The van der Waals surface area contributed by atoms with Crippen LogP contribution in [-0.4, -0.2) is 29.5 Å². The zero-order valence-electron chi connectivity index (χ0n) is 16.9. The van der Waals surface area contributed by atoms with Crippen LogP contribution in [0.1, 0.15) is 33.1 Å². The predicted octanol–water partition coefficient (Wildman–Crippen LogP) is 4.46. The number of nitrogens with zero attached hydrogens (tertiary/aromatic N) is 1. The lowest BCUT2D eigenvalue weighted by molar-refractivity contribution is -0.125. The normalized spacial score (nSPS) is 13.8. The second kappa shape index (κ2) is 9.18. The summed E-state index contributed by atoms with van der Waals surface area (Å²) in [6.07, 6.45) is 2.80. The van der Waals surface area contributed by atoms with Crippen LogP contribution in [0.15, 0.2) is 83.8 Å². The van der Waals surface area contributed by atoms with Crippen molar-refractivity contribution in [2.45, 2.75) is 23.9 Å². The maximum atomic E-state index is 13.2. The van der Waals surface area contributed by atoms with E-state index in [9.17, 15) is 9.59 Å². The Morgan fingerprint density at radius 2 is 1.70 bits per heavy atom. The van der Waals surface area contributed by atoms with Crippen LogP contribution in [0.4, 0.5) is 0 Å². The number of nitrogens with one attached hydrogen (secondary N) is 1. The predicted molar refractivity (Wildman–Crippen MR) is 120 cm³/mol. The maximum absolute atomic E-state index is 13.2. The Bertz CT molecular complexity index is 1030. The summed E-state index contributed by atoms with van der Waals surface area (Å²) in [4.78, 5) is 29.1. The van der Waals surface area contributed by atoms with E-state index in [1.165, 1.54) is 10.5 Å². The van der Waals surface area contributed by atoms with Gasteiger partial charge in [0.2, 0.25) is 5.91 Å². The molecule has 30 heavy (non-hydrogen) atoms. The molecule has 1 N–H and O–H groups in total. The third-order valence-corrected chi connectivity index (χ3v) is 6.14. The second-order valence-corrected chi connectivity index (χ2v) is 8.17. The number of amides is 2. The van der Waals surface area contributed by atoms with E-state index in [1.807, 2.05) is 54.6 Å². The molecule has 4 rings (SSSR count). The molecule has 2 amide bonds. The van der Waals surface area contributed by atoms with E-state index in [0.29, 0.717) is 18.7 Å². The van der Waals surface area contributed by atoms with Crippen molar-refractivity contribution in [2.75, 3.05) is 12.8 Å². The molecule has 3 aromatic rings. The molecule has 1 atom stereocenters. The van der Waals surface area contributed by atoms with Crippen LogP contribution in [0.3, 0.4) is 0 Å². The molecule has 0 unspecified atom stereocenters.